The minimum absolute atomic E-state index is 0.00582. The molecule has 20 heavy (non-hydrogen) atoms. The molecule has 0 saturated heterocycles. The van der Waals surface area contributed by atoms with E-state index in [0.29, 0.717) is 0 Å². The van der Waals surface area contributed by atoms with E-state index < -0.39 is 11.2 Å². The van der Waals surface area contributed by atoms with E-state index in [4.69, 9.17) is 5.11 Å². The smallest absolute Gasteiger partial charge is 0.316 e. The highest BCUT2D eigenvalue weighted by atomic mass is 32.2. The van der Waals surface area contributed by atoms with Crippen LogP contribution < -0.4 is 5.32 Å². The number of carbonyl (C=O) groups is 2. The lowest BCUT2D eigenvalue weighted by Gasteiger charge is -2.15. The van der Waals surface area contributed by atoms with Crippen molar-refractivity contribution >= 4 is 29.3 Å². The minimum Gasteiger partial charge on any atom is -0.480 e. The van der Waals surface area contributed by atoms with Gasteiger partial charge in [0, 0.05) is 5.69 Å². The summed E-state index contributed by atoms with van der Waals surface area (Å²) < 4.78 is 0. The molecular weight excluding hydrogens is 274 g/mol. The van der Waals surface area contributed by atoms with Crippen molar-refractivity contribution in [1.29, 1.82) is 0 Å². The van der Waals surface area contributed by atoms with Crippen molar-refractivity contribution in [2.24, 2.45) is 5.92 Å². The Bertz CT molecular complexity index is 474. The Morgan fingerprint density at radius 2 is 2.05 bits per heavy atom. The topological polar surface area (TPSA) is 66.4 Å². The van der Waals surface area contributed by atoms with E-state index >= 15 is 0 Å². The fourth-order valence-corrected chi connectivity index (χ4v) is 2.71. The SMILES string of the molecule is CCc1cccc(NC(=O)CSC(C(=O)O)C(C)C)c1. The lowest BCUT2D eigenvalue weighted by molar-refractivity contribution is -0.137. The van der Waals surface area contributed by atoms with Gasteiger partial charge in [-0.25, -0.2) is 0 Å². The molecule has 1 rings (SSSR count). The van der Waals surface area contributed by atoms with Gasteiger partial charge in [0.1, 0.15) is 5.25 Å². The largest absolute Gasteiger partial charge is 0.480 e. The number of carbonyl (C=O) groups excluding carboxylic acids is 1. The van der Waals surface area contributed by atoms with Crippen LogP contribution in [0.25, 0.3) is 0 Å². The molecule has 1 amide bonds. The number of carboxylic acid groups (broad SMARTS) is 1. The van der Waals surface area contributed by atoms with Crippen LogP contribution in [0.1, 0.15) is 26.3 Å². The summed E-state index contributed by atoms with van der Waals surface area (Å²) in [6.07, 6.45) is 0.910. The molecule has 0 aromatic heterocycles. The van der Waals surface area contributed by atoms with Crippen molar-refractivity contribution in [2.45, 2.75) is 32.4 Å². The van der Waals surface area contributed by atoms with Crippen molar-refractivity contribution in [1.82, 2.24) is 0 Å². The lowest BCUT2D eigenvalue weighted by Crippen LogP contribution is -2.25. The molecule has 0 aliphatic heterocycles. The number of nitrogens with one attached hydrogen (secondary N) is 1. The van der Waals surface area contributed by atoms with Gasteiger partial charge >= 0.3 is 5.97 Å². The van der Waals surface area contributed by atoms with Gasteiger partial charge in [-0.1, -0.05) is 32.9 Å². The predicted octanol–water partition coefficient (Wildman–Crippen LogP) is 3.03. The number of aliphatic carboxylic acids is 1. The summed E-state index contributed by atoms with van der Waals surface area (Å²) >= 11 is 1.16. The monoisotopic (exact) mass is 295 g/mol. The molecule has 4 nitrogen and oxygen atoms in total. The molecular formula is C15H21NO3S. The van der Waals surface area contributed by atoms with Crippen molar-refractivity contribution < 1.29 is 14.7 Å². The number of benzene rings is 1. The van der Waals surface area contributed by atoms with Gasteiger partial charge in [-0.15, -0.1) is 11.8 Å². The maximum atomic E-state index is 11.8. The number of hydrogen-bond donors (Lipinski definition) is 2. The molecule has 0 saturated carbocycles. The first-order valence-corrected chi connectivity index (χ1v) is 7.72. The zero-order valence-electron chi connectivity index (χ0n) is 12.1. The zero-order chi connectivity index (χ0) is 15.1. The highest BCUT2D eigenvalue weighted by Crippen LogP contribution is 2.20. The van der Waals surface area contributed by atoms with Crippen molar-refractivity contribution in [3.63, 3.8) is 0 Å². The van der Waals surface area contributed by atoms with Gasteiger partial charge in [-0.2, -0.15) is 0 Å². The van der Waals surface area contributed by atoms with Crippen molar-refractivity contribution in [3.05, 3.63) is 29.8 Å². The molecule has 0 aliphatic rings. The summed E-state index contributed by atoms with van der Waals surface area (Å²) in [6, 6.07) is 7.66. The van der Waals surface area contributed by atoms with Crippen LogP contribution in [0.2, 0.25) is 0 Å². The van der Waals surface area contributed by atoms with Gasteiger partial charge < -0.3 is 10.4 Å². The maximum Gasteiger partial charge on any atom is 0.316 e. The van der Waals surface area contributed by atoms with E-state index in [0.717, 1.165) is 29.4 Å². The van der Waals surface area contributed by atoms with E-state index in [1.165, 1.54) is 0 Å². The summed E-state index contributed by atoms with van der Waals surface area (Å²) in [5.74, 6) is -0.902. The number of amides is 1. The maximum absolute atomic E-state index is 11.8. The van der Waals surface area contributed by atoms with E-state index in [2.05, 4.69) is 12.2 Å². The molecule has 1 aromatic carbocycles. The molecule has 1 atom stereocenters. The summed E-state index contributed by atoms with van der Waals surface area (Å²) in [5, 5.41) is 11.3. The van der Waals surface area contributed by atoms with Crippen LogP contribution in [0.15, 0.2) is 24.3 Å². The predicted molar refractivity (Wildman–Crippen MR) is 83.2 cm³/mol. The molecule has 0 spiro atoms. The Balaban J connectivity index is 2.53. The third kappa shape index (κ3) is 5.25. The van der Waals surface area contributed by atoms with Crippen LogP contribution in [0, 0.1) is 5.92 Å². The quantitative estimate of drug-likeness (QED) is 0.811. The first kappa shape index (κ1) is 16.6. The number of hydrogen-bond acceptors (Lipinski definition) is 3. The first-order valence-electron chi connectivity index (χ1n) is 6.67. The highest BCUT2D eigenvalue weighted by Gasteiger charge is 2.22. The number of anilines is 1. The summed E-state index contributed by atoms with van der Waals surface area (Å²) in [6.45, 7) is 5.74. The molecule has 110 valence electrons. The molecule has 0 fully saturated rings. The molecule has 0 radical (unpaired) electrons. The number of rotatable bonds is 7. The summed E-state index contributed by atoms with van der Waals surface area (Å²) in [4.78, 5) is 22.9. The third-order valence-electron chi connectivity index (χ3n) is 2.86. The van der Waals surface area contributed by atoms with Gasteiger partial charge in [0.15, 0.2) is 0 Å². The van der Waals surface area contributed by atoms with Crippen LogP contribution in [-0.2, 0) is 16.0 Å². The van der Waals surface area contributed by atoms with E-state index in [1.807, 2.05) is 38.1 Å². The highest BCUT2D eigenvalue weighted by molar-refractivity contribution is 8.01. The van der Waals surface area contributed by atoms with Gasteiger partial charge in [0.25, 0.3) is 0 Å². The average Bonchev–Trinajstić information content (AvgIpc) is 2.38. The summed E-state index contributed by atoms with van der Waals surface area (Å²) in [7, 11) is 0. The van der Waals surface area contributed by atoms with Crippen molar-refractivity contribution in [2.75, 3.05) is 11.1 Å². The fourth-order valence-electron chi connectivity index (χ4n) is 1.78. The Kier molecular flexibility index (Phi) is 6.58. The first-order chi connectivity index (χ1) is 9.43. The fraction of sp³-hybridized carbons (Fsp3) is 0.467. The second-order valence-electron chi connectivity index (χ2n) is 4.92. The normalized spacial score (nSPS) is 12.2. The van der Waals surface area contributed by atoms with Gasteiger partial charge in [0.2, 0.25) is 5.91 Å². The minimum atomic E-state index is -0.870. The van der Waals surface area contributed by atoms with Crippen molar-refractivity contribution in [3.8, 4) is 0 Å². The van der Waals surface area contributed by atoms with Crippen LogP contribution in [0.5, 0.6) is 0 Å². The van der Waals surface area contributed by atoms with E-state index in [9.17, 15) is 9.59 Å². The van der Waals surface area contributed by atoms with E-state index in [1.54, 1.807) is 0 Å². The second kappa shape index (κ2) is 7.94. The average molecular weight is 295 g/mol. The number of thioether (sulfide) groups is 1. The number of carboxylic acids is 1. The van der Waals surface area contributed by atoms with Crippen LogP contribution in [0.4, 0.5) is 5.69 Å². The number of aryl methyl sites for hydroxylation is 1. The molecule has 1 aromatic rings. The van der Waals surface area contributed by atoms with Gasteiger partial charge in [0.05, 0.1) is 5.75 Å². The van der Waals surface area contributed by atoms with Crippen LogP contribution in [-0.4, -0.2) is 28.0 Å². The van der Waals surface area contributed by atoms with Crippen LogP contribution >= 0.6 is 11.8 Å². The second-order valence-corrected chi connectivity index (χ2v) is 6.05. The van der Waals surface area contributed by atoms with Crippen LogP contribution in [0.3, 0.4) is 0 Å². The van der Waals surface area contributed by atoms with Gasteiger partial charge in [-0.05, 0) is 30.0 Å². The Morgan fingerprint density at radius 1 is 1.35 bits per heavy atom. The van der Waals surface area contributed by atoms with E-state index in [-0.39, 0.29) is 17.6 Å². The summed E-state index contributed by atoms with van der Waals surface area (Å²) in [5.41, 5.74) is 1.91. The standard InChI is InChI=1S/C15H21NO3S/c1-4-11-6-5-7-12(8-11)16-13(17)9-20-14(10(2)3)15(18)19/h5-8,10,14H,4,9H2,1-3H3,(H,16,17)(H,18,19). The molecule has 0 bridgehead atoms. The zero-order valence-corrected chi connectivity index (χ0v) is 12.9. The molecule has 0 aliphatic carbocycles. The van der Waals surface area contributed by atoms with Gasteiger partial charge in [-0.3, -0.25) is 9.59 Å². The molecule has 2 N–H and O–H groups in total. The Labute approximate surface area is 124 Å². The lowest BCUT2D eigenvalue weighted by atomic mass is 10.1. The Morgan fingerprint density at radius 3 is 2.60 bits per heavy atom. The molecule has 1 unspecified atom stereocenters. The Hall–Kier alpha value is -1.49. The molecule has 5 heteroatoms. The molecule has 0 heterocycles. The third-order valence-corrected chi connectivity index (χ3v) is 4.40.